The number of nitrogens with zero attached hydrogens (tertiary/aromatic N) is 2. The summed E-state index contributed by atoms with van der Waals surface area (Å²) in [6, 6.07) is 45.7. The molecule has 0 saturated heterocycles. The van der Waals surface area contributed by atoms with E-state index in [-0.39, 0.29) is 20.1 Å². The summed E-state index contributed by atoms with van der Waals surface area (Å²) >= 11 is -3.77. The van der Waals surface area contributed by atoms with Crippen LogP contribution in [0.4, 0.5) is 0 Å². The van der Waals surface area contributed by atoms with Crippen molar-refractivity contribution in [3.05, 3.63) is 156 Å². The van der Waals surface area contributed by atoms with Crippen LogP contribution in [0.3, 0.4) is 0 Å². The van der Waals surface area contributed by atoms with Gasteiger partial charge in [0.2, 0.25) is 0 Å². The van der Waals surface area contributed by atoms with Crippen LogP contribution in [-0.4, -0.2) is 36.5 Å². The second-order valence-corrected chi connectivity index (χ2v) is 38.3. The number of hydrogen-bond donors (Lipinski definition) is 0. The number of pyridine rings is 2. The average Bonchev–Trinajstić information content (AvgIpc) is 3.58. The van der Waals surface area contributed by atoms with Crippen molar-refractivity contribution in [3.8, 4) is 44.8 Å². The van der Waals surface area contributed by atoms with Gasteiger partial charge in [0.15, 0.2) is 0 Å². The van der Waals surface area contributed by atoms with Crippen LogP contribution in [0.5, 0.6) is 0 Å². The summed E-state index contributed by atoms with van der Waals surface area (Å²) in [6.07, 6.45) is 3.88. The van der Waals surface area contributed by atoms with Gasteiger partial charge in [0.1, 0.15) is 0 Å². The van der Waals surface area contributed by atoms with Gasteiger partial charge in [-0.3, -0.25) is 0 Å². The summed E-state index contributed by atoms with van der Waals surface area (Å²) in [7, 11) is 0. The standard InChI is InChI=1S/C29H28GeNO.C22H24GeN.Ir/c1-19(2)21-15-16-31-27(17-21)26-8-6-7-25-24-14-11-22(18-28(24)32-29(25)26)20-9-12-23(13-10-20)30(3,4)5;1-16-11-12-19(14-20(16)18-9-7-6-8-10-18)22-13-17(2)21(15-24-22)23(3,4)5;/h6-7,9-19H,1-5H3;6-11,13-15H,1-5H3;/q2*-1;/i;1D3;. The van der Waals surface area contributed by atoms with E-state index in [4.69, 9.17) is 8.53 Å². The van der Waals surface area contributed by atoms with Gasteiger partial charge in [-0.05, 0) is 12.0 Å². The van der Waals surface area contributed by atoms with Crippen molar-refractivity contribution in [2.75, 3.05) is 0 Å². The van der Waals surface area contributed by atoms with Crippen molar-refractivity contribution in [2.45, 2.75) is 68.1 Å². The summed E-state index contributed by atoms with van der Waals surface area (Å²) in [5.41, 5.74) is 12.1. The van der Waals surface area contributed by atoms with Crippen LogP contribution >= 0.6 is 0 Å². The van der Waals surface area contributed by atoms with Gasteiger partial charge in [-0.2, -0.15) is 0 Å². The normalized spacial score (nSPS) is 12.7. The van der Waals surface area contributed by atoms with E-state index in [0.717, 1.165) is 50.0 Å². The first-order chi connectivity index (χ1) is 27.9. The minimum absolute atomic E-state index is 0. The van der Waals surface area contributed by atoms with Crippen LogP contribution in [0.15, 0.2) is 132 Å². The topological polar surface area (TPSA) is 38.9 Å². The first-order valence-electron chi connectivity index (χ1n) is 20.9. The molecular formula is C51H52Ge2IrN2O-2. The molecule has 0 amide bonds. The van der Waals surface area contributed by atoms with Crippen LogP contribution in [0.1, 0.15) is 40.6 Å². The monoisotopic (exact) mass is 1050 g/mol. The zero-order valence-electron chi connectivity index (χ0n) is 37.3. The van der Waals surface area contributed by atoms with Gasteiger partial charge in [0.05, 0.1) is 0 Å². The smallest absolute Gasteiger partial charge is 0 e. The van der Waals surface area contributed by atoms with E-state index in [1.165, 1.54) is 31.0 Å². The van der Waals surface area contributed by atoms with Crippen molar-refractivity contribution in [1.82, 2.24) is 9.97 Å². The Morgan fingerprint density at radius 2 is 1.42 bits per heavy atom. The SMILES string of the molecule is CC(C)c1ccnc(-c2[c-]ccc3c2oc2cc(-c4cc[c]([Ge]([CH3])([CH3])[CH3])cc4)ccc23)c1.[2H]C([2H])([2H])c1c[c-]c(-c2cc(C)[c]([Ge]([CH3])([CH3])[CH3])cn2)cc1-c1ccccc1.[Ir]. The van der Waals surface area contributed by atoms with Crippen molar-refractivity contribution < 1.29 is 28.6 Å². The predicted octanol–water partition coefficient (Wildman–Crippen LogP) is 13.2. The Morgan fingerprint density at radius 3 is 2.09 bits per heavy atom. The molecule has 57 heavy (non-hydrogen) atoms. The summed E-state index contributed by atoms with van der Waals surface area (Å²) in [6.45, 7) is 4.34. The Balaban J connectivity index is 0.000000201. The average molecular weight is 1050 g/mol. The van der Waals surface area contributed by atoms with Crippen molar-refractivity contribution in [1.29, 1.82) is 0 Å². The maximum atomic E-state index is 7.87. The number of aromatic nitrogens is 2. The van der Waals surface area contributed by atoms with Crippen molar-refractivity contribution in [3.63, 3.8) is 0 Å². The molecule has 0 fully saturated rings. The number of furan rings is 1. The van der Waals surface area contributed by atoms with Gasteiger partial charge in [-0.1, -0.05) is 19.4 Å². The molecule has 291 valence electrons. The van der Waals surface area contributed by atoms with E-state index in [1.807, 2.05) is 54.9 Å². The van der Waals surface area contributed by atoms with E-state index in [0.29, 0.717) is 17.0 Å². The molecular weight excluding hydrogens is 994 g/mol. The molecule has 1 radical (unpaired) electrons. The minimum atomic E-state index is -2.19. The van der Waals surface area contributed by atoms with Gasteiger partial charge in [-0.15, -0.1) is 0 Å². The van der Waals surface area contributed by atoms with Crippen LogP contribution in [0.25, 0.3) is 66.7 Å². The van der Waals surface area contributed by atoms with Gasteiger partial charge in [0.25, 0.3) is 0 Å². The molecule has 3 heterocycles. The van der Waals surface area contributed by atoms with E-state index < -0.39 is 33.4 Å². The number of aryl methyl sites for hydroxylation is 2. The van der Waals surface area contributed by atoms with Crippen molar-refractivity contribution >= 4 is 57.3 Å². The fraction of sp³-hybridized carbons (Fsp3) is 0.216. The zero-order valence-corrected chi connectivity index (χ0v) is 40.9. The third-order valence-electron chi connectivity index (χ3n) is 10.5. The van der Waals surface area contributed by atoms with Crippen LogP contribution in [0, 0.1) is 25.9 Å². The molecule has 0 N–H and O–H groups in total. The molecule has 0 spiro atoms. The molecule has 6 heteroatoms. The summed E-state index contributed by atoms with van der Waals surface area (Å²) in [4.78, 5) is 9.30. The molecule has 8 rings (SSSR count). The number of benzene rings is 5. The molecule has 3 aromatic heterocycles. The Labute approximate surface area is 362 Å². The molecule has 0 saturated carbocycles. The van der Waals surface area contributed by atoms with Gasteiger partial charge in [0, 0.05) is 26.3 Å². The van der Waals surface area contributed by atoms with Crippen LogP contribution in [-0.2, 0) is 20.1 Å². The summed E-state index contributed by atoms with van der Waals surface area (Å²) in [5, 5.41) is 2.23. The fourth-order valence-corrected chi connectivity index (χ4v) is 13.2. The fourth-order valence-electron chi connectivity index (χ4n) is 7.20. The molecule has 5 aromatic carbocycles. The molecule has 0 unspecified atom stereocenters. The minimum Gasteiger partial charge on any atom is 0 e. The van der Waals surface area contributed by atoms with E-state index in [9.17, 15) is 0 Å². The maximum Gasteiger partial charge on any atom is 0 e. The summed E-state index contributed by atoms with van der Waals surface area (Å²) in [5.74, 6) is 14.8. The molecule has 8 aromatic rings. The molecule has 0 atom stereocenters. The van der Waals surface area contributed by atoms with Gasteiger partial charge < -0.3 is 0 Å². The second-order valence-electron chi connectivity index (χ2n) is 17.0. The number of fused-ring (bicyclic) bond motifs is 3. The van der Waals surface area contributed by atoms with E-state index in [1.54, 1.807) is 6.07 Å². The van der Waals surface area contributed by atoms with Crippen molar-refractivity contribution in [2.24, 2.45) is 0 Å². The van der Waals surface area contributed by atoms with Crippen LogP contribution < -0.4 is 8.79 Å². The first-order valence-corrected chi connectivity index (χ1v) is 34.1. The number of rotatable bonds is 7. The van der Waals surface area contributed by atoms with Gasteiger partial charge >= 0.3 is 307 Å². The molecule has 0 bridgehead atoms. The Morgan fingerprint density at radius 1 is 0.684 bits per heavy atom. The van der Waals surface area contributed by atoms with E-state index >= 15 is 0 Å². The predicted molar refractivity (Wildman–Crippen MR) is 245 cm³/mol. The second kappa shape index (κ2) is 17.4. The summed E-state index contributed by atoms with van der Waals surface area (Å²) < 4.78 is 32.9. The Bertz CT molecular complexity index is 2770. The third-order valence-corrected chi connectivity index (χ3v) is 19.3. The third kappa shape index (κ3) is 9.47. The first kappa shape index (κ1) is 38.5. The van der Waals surface area contributed by atoms with Gasteiger partial charge in [-0.25, -0.2) is 0 Å². The molecule has 0 aliphatic rings. The molecule has 0 aliphatic heterocycles. The Hall–Kier alpha value is -4.06. The number of hydrogen-bond acceptors (Lipinski definition) is 3. The van der Waals surface area contributed by atoms with E-state index in [2.05, 4.69) is 144 Å². The van der Waals surface area contributed by atoms with Crippen LogP contribution in [0.2, 0.25) is 34.5 Å². The molecule has 3 nitrogen and oxygen atoms in total. The maximum absolute atomic E-state index is 7.87. The zero-order chi connectivity index (χ0) is 42.3. The Kier molecular flexibility index (Phi) is 11.8. The largest absolute Gasteiger partial charge is 0 e. The molecule has 0 aliphatic carbocycles. The quantitative estimate of drug-likeness (QED) is 0.118.